The number of hydrogen-bond acceptors (Lipinski definition) is 4. The van der Waals surface area contributed by atoms with Crippen LogP contribution >= 0.6 is 0 Å². The van der Waals surface area contributed by atoms with Crippen molar-refractivity contribution in [3.05, 3.63) is 54.1 Å². The molecule has 0 saturated heterocycles. The van der Waals surface area contributed by atoms with E-state index in [1.165, 1.54) is 0 Å². The molecule has 0 saturated carbocycles. The average Bonchev–Trinajstić information content (AvgIpc) is 2.40. The maximum Gasteiger partial charge on any atom is 0.152 e. The number of para-hydroxylation sites is 1. The monoisotopic (exact) mass is 227 g/mol. The van der Waals surface area contributed by atoms with Crippen LogP contribution in [0.15, 0.2) is 42.7 Å². The topological polar surface area (TPSA) is 46.1 Å². The molecule has 0 unspecified atom stereocenters. The summed E-state index contributed by atoms with van der Waals surface area (Å²) in [7, 11) is 1.92. The normalized spacial score (nSPS) is 9.94. The smallest absolute Gasteiger partial charge is 0.152 e. The highest BCUT2D eigenvalue weighted by atomic mass is 16.1. The van der Waals surface area contributed by atoms with E-state index in [0.29, 0.717) is 12.1 Å². The molecule has 2 aromatic rings. The first-order valence-corrected chi connectivity index (χ1v) is 5.32. The highest BCUT2D eigenvalue weighted by Crippen LogP contribution is 2.18. The Morgan fingerprint density at radius 2 is 1.88 bits per heavy atom. The molecule has 4 heteroatoms. The van der Waals surface area contributed by atoms with Gasteiger partial charge in [0.1, 0.15) is 5.82 Å². The van der Waals surface area contributed by atoms with Gasteiger partial charge in [-0.3, -0.25) is 4.79 Å². The van der Waals surface area contributed by atoms with Gasteiger partial charge in [-0.2, -0.15) is 0 Å². The number of rotatable bonds is 4. The molecule has 1 heterocycles. The number of benzene rings is 1. The van der Waals surface area contributed by atoms with Gasteiger partial charge in [-0.05, 0) is 18.2 Å². The molecule has 0 amide bonds. The molecule has 0 fully saturated rings. The minimum absolute atomic E-state index is 0.575. The molecule has 0 aliphatic rings. The van der Waals surface area contributed by atoms with Crippen molar-refractivity contribution in [1.29, 1.82) is 0 Å². The molecule has 0 aliphatic heterocycles. The van der Waals surface area contributed by atoms with Crippen molar-refractivity contribution in [2.45, 2.75) is 6.54 Å². The molecule has 0 spiro atoms. The molecule has 4 nitrogen and oxygen atoms in total. The van der Waals surface area contributed by atoms with E-state index in [-0.39, 0.29) is 0 Å². The van der Waals surface area contributed by atoms with Gasteiger partial charge in [0, 0.05) is 30.7 Å². The zero-order chi connectivity index (χ0) is 12.1. The van der Waals surface area contributed by atoms with Crippen LogP contribution in [0, 0.1) is 0 Å². The van der Waals surface area contributed by atoms with Gasteiger partial charge in [-0.25, -0.2) is 9.97 Å². The highest BCUT2D eigenvalue weighted by Gasteiger charge is 2.07. The largest absolute Gasteiger partial charge is 0.366 e. The SMILES string of the molecule is CN(Cc1ncccn1)c1ccccc1C=O. The first-order chi connectivity index (χ1) is 8.31. The molecule has 1 aromatic carbocycles. The zero-order valence-corrected chi connectivity index (χ0v) is 9.58. The lowest BCUT2D eigenvalue weighted by Gasteiger charge is -2.19. The Morgan fingerprint density at radius 1 is 1.18 bits per heavy atom. The minimum atomic E-state index is 0.575. The summed E-state index contributed by atoms with van der Waals surface area (Å²) < 4.78 is 0. The summed E-state index contributed by atoms with van der Waals surface area (Å²) in [5.74, 6) is 0.732. The number of anilines is 1. The summed E-state index contributed by atoms with van der Waals surface area (Å²) >= 11 is 0. The maximum absolute atomic E-state index is 10.9. The van der Waals surface area contributed by atoms with Crippen LogP contribution < -0.4 is 4.90 Å². The van der Waals surface area contributed by atoms with Gasteiger partial charge in [0.25, 0.3) is 0 Å². The van der Waals surface area contributed by atoms with E-state index in [0.717, 1.165) is 17.8 Å². The number of nitrogens with zero attached hydrogens (tertiary/aromatic N) is 3. The summed E-state index contributed by atoms with van der Waals surface area (Å²) in [5, 5.41) is 0. The number of carbonyl (C=O) groups is 1. The van der Waals surface area contributed by atoms with Crippen LogP contribution in [0.3, 0.4) is 0 Å². The van der Waals surface area contributed by atoms with Crippen molar-refractivity contribution in [3.63, 3.8) is 0 Å². The average molecular weight is 227 g/mol. The number of aromatic nitrogens is 2. The Labute approximate surface area is 99.9 Å². The summed E-state index contributed by atoms with van der Waals surface area (Å²) in [6.45, 7) is 0.575. The number of carbonyl (C=O) groups excluding carboxylic acids is 1. The Bertz CT molecular complexity index is 499. The minimum Gasteiger partial charge on any atom is -0.366 e. The second kappa shape index (κ2) is 5.21. The predicted molar refractivity (Wildman–Crippen MR) is 66.0 cm³/mol. The fourth-order valence-electron chi connectivity index (χ4n) is 1.64. The van der Waals surface area contributed by atoms with Crippen LogP contribution in [0.1, 0.15) is 16.2 Å². The van der Waals surface area contributed by atoms with E-state index in [4.69, 9.17) is 0 Å². The van der Waals surface area contributed by atoms with E-state index < -0.39 is 0 Å². The summed E-state index contributed by atoms with van der Waals surface area (Å²) in [5.41, 5.74) is 1.56. The van der Waals surface area contributed by atoms with E-state index in [1.807, 2.05) is 30.1 Å². The number of hydrogen-bond donors (Lipinski definition) is 0. The van der Waals surface area contributed by atoms with Gasteiger partial charge in [-0.1, -0.05) is 12.1 Å². The standard InChI is InChI=1S/C13H13N3O/c1-16(9-13-14-7-4-8-15-13)12-6-3-2-5-11(12)10-17/h2-8,10H,9H2,1H3. The first-order valence-electron chi connectivity index (χ1n) is 5.32. The van der Waals surface area contributed by atoms with Crippen LogP contribution in [0.25, 0.3) is 0 Å². The van der Waals surface area contributed by atoms with Crippen LogP contribution in [0.2, 0.25) is 0 Å². The third-order valence-corrected chi connectivity index (χ3v) is 2.47. The molecule has 17 heavy (non-hydrogen) atoms. The third kappa shape index (κ3) is 2.66. The maximum atomic E-state index is 10.9. The predicted octanol–water partition coefficient (Wildman–Crippen LogP) is 1.93. The molecule has 0 aliphatic carbocycles. The molecule has 0 N–H and O–H groups in total. The van der Waals surface area contributed by atoms with Crippen LogP contribution in [0.5, 0.6) is 0 Å². The second-order valence-corrected chi connectivity index (χ2v) is 3.70. The van der Waals surface area contributed by atoms with Crippen molar-refractivity contribution >= 4 is 12.0 Å². The molecule has 2 rings (SSSR count). The van der Waals surface area contributed by atoms with Crippen molar-refractivity contribution < 1.29 is 4.79 Å². The van der Waals surface area contributed by atoms with E-state index in [9.17, 15) is 4.79 Å². The van der Waals surface area contributed by atoms with Crippen molar-refractivity contribution in [3.8, 4) is 0 Å². The summed E-state index contributed by atoms with van der Waals surface area (Å²) in [6, 6.07) is 9.24. The highest BCUT2D eigenvalue weighted by molar-refractivity contribution is 5.84. The Balaban J connectivity index is 2.20. The van der Waals surface area contributed by atoms with Gasteiger partial charge < -0.3 is 4.90 Å². The lowest BCUT2D eigenvalue weighted by molar-refractivity contribution is 0.112. The molecular weight excluding hydrogens is 214 g/mol. The number of aldehydes is 1. The van der Waals surface area contributed by atoms with Crippen molar-refractivity contribution in [2.75, 3.05) is 11.9 Å². The molecular formula is C13H13N3O. The lowest BCUT2D eigenvalue weighted by Crippen LogP contribution is -2.19. The third-order valence-electron chi connectivity index (χ3n) is 2.47. The quantitative estimate of drug-likeness (QED) is 0.749. The molecule has 0 radical (unpaired) electrons. The van der Waals surface area contributed by atoms with Gasteiger partial charge >= 0.3 is 0 Å². The first kappa shape index (κ1) is 11.3. The van der Waals surface area contributed by atoms with Crippen LogP contribution in [-0.4, -0.2) is 23.3 Å². The fraction of sp³-hybridized carbons (Fsp3) is 0.154. The Hall–Kier alpha value is -2.23. The Morgan fingerprint density at radius 3 is 2.59 bits per heavy atom. The van der Waals surface area contributed by atoms with E-state index in [1.54, 1.807) is 24.5 Å². The van der Waals surface area contributed by atoms with Gasteiger partial charge in [0.2, 0.25) is 0 Å². The van der Waals surface area contributed by atoms with Crippen molar-refractivity contribution in [1.82, 2.24) is 9.97 Å². The van der Waals surface area contributed by atoms with Gasteiger partial charge in [0.05, 0.1) is 6.54 Å². The fourth-order valence-corrected chi connectivity index (χ4v) is 1.64. The van der Waals surface area contributed by atoms with Crippen molar-refractivity contribution in [2.24, 2.45) is 0 Å². The van der Waals surface area contributed by atoms with E-state index >= 15 is 0 Å². The van der Waals surface area contributed by atoms with Gasteiger partial charge in [0.15, 0.2) is 6.29 Å². The molecule has 86 valence electrons. The summed E-state index contributed by atoms with van der Waals surface area (Å²) in [6.07, 6.45) is 4.28. The van der Waals surface area contributed by atoms with E-state index in [2.05, 4.69) is 9.97 Å². The molecule has 0 atom stereocenters. The van der Waals surface area contributed by atoms with Crippen LogP contribution in [0.4, 0.5) is 5.69 Å². The zero-order valence-electron chi connectivity index (χ0n) is 9.58. The second-order valence-electron chi connectivity index (χ2n) is 3.70. The molecule has 1 aromatic heterocycles. The van der Waals surface area contributed by atoms with Crippen LogP contribution in [-0.2, 0) is 6.54 Å². The van der Waals surface area contributed by atoms with Gasteiger partial charge in [-0.15, -0.1) is 0 Å². The lowest BCUT2D eigenvalue weighted by atomic mass is 10.2. The molecule has 0 bridgehead atoms. The summed E-state index contributed by atoms with van der Waals surface area (Å²) in [4.78, 5) is 21.2. The Kier molecular flexibility index (Phi) is 3.45.